The van der Waals surface area contributed by atoms with Crippen molar-refractivity contribution >= 4 is 17.8 Å². The third kappa shape index (κ3) is 5.52. The molecule has 0 aromatic carbocycles. The number of carbonyl (C=O) groups excluding carboxylic acids is 2. The third-order valence-electron chi connectivity index (χ3n) is 4.77. The van der Waals surface area contributed by atoms with Gasteiger partial charge in [0.1, 0.15) is 0 Å². The van der Waals surface area contributed by atoms with Gasteiger partial charge in [0.2, 0.25) is 11.8 Å². The molecule has 6 nitrogen and oxygen atoms in total. The summed E-state index contributed by atoms with van der Waals surface area (Å²) in [5.41, 5.74) is -0.849. The van der Waals surface area contributed by atoms with E-state index < -0.39 is 11.4 Å². The van der Waals surface area contributed by atoms with Gasteiger partial charge in [0.25, 0.3) is 0 Å². The first-order valence-electron chi connectivity index (χ1n) is 8.49. The monoisotopic (exact) mass is 326 g/mol. The fourth-order valence-electron chi connectivity index (χ4n) is 2.63. The minimum Gasteiger partial charge on any atom is -0.481 e. The third-order valence-corrected chi connectivity index (χ3v) is 4.77. The molecule has 1 aliphatic heterocycles. The van der Waals surface area contributed by atoms with Crippen LogP contribution in [0.5, 0.6) is 0 Å². The van der Waals surface area contributed by atoms with Gasteiger partial charge in [-0.3, -0.25) is 14.4 Å². The predicted octanol–water partition coefficient (Wildman–Crippen LogP) is 1.89. The number of carboxylic acids is 1. The Morgan fingerprint density at radius 1 is 1.35 bits per heavy atom. The molecular formula is C17H30N2O4. The van der Waals surface area contributed by atoms with Gasteiger partial charge in [-0.15, -0.1) is 0 Å². The molecule has 6 heteroatoms. The topological polar surface area (TPSA) is 86.7 Å². The van der Waals surface area contributed by atoms with Crippen LogP contribution in [0.3, 0.4) is 0 Å². The summed E-state index contributed by atoms with van der Waals surface area (Å²) in [6.45, 7) is 8.73. The Morgan fingerprint density at radius 3 is 2.57 bits per heavy atom. The summed E-state index contributed by atoms with van der Waals surface area (Å²) in [5, 5.41) is 11.9. The Bertz CT molecular complexity index is 448. The molecule has 0 aliphatic carbocycles. The maximum Gasteiger partial charge on any atom is 0.309 e. The molecule has 2 N–H and O–H groups in total. The zero-order valence-corrected chi connectivity index (χ0v) is 14.7. The van der Waals surface area contributed by atoms with E-state index >= 15 is 0 Å². The standard InChI is InChI=1S/C17H30N2O4/c1-5-12(2)15(21)19-10-6-7-13(11-19)14(20)18-9-8-17(3,4)16(22)23/h12-13H,5-11H2,1-4H3,(H,18,20)(H,22,23). The first-order chi connectivity index (χ1) is 10.7. The Morgan fingerprint density at radius 2 is 2.00 bits per heavy atom. The molecule has 1 heterocycles. The Hall–Kier alpha value is -1.59. The van der Waals surface area contributed by atoms with Gasteiger partial charge in [0, 0.05) is 25.6 Å². The number of carboxylic acid groups (broad SMARTS) is 1. The van der Waals surface area contributed by atoms with Crippen LogP contribution in [-0.4, -0.2) is 47.4 Å². The molecular weight excluding hydrogens is 296 g/mol. The van der Waals surface area contributed by atoms with Gasteiger partial charge in [0.05, 0.1) is 11.3 Å². The lowest BCUT2D eigenvalue weighted by atomic mass is 9.89. The molecule has 2 atom stereocenters. The number of carbonyl (C=O) groups is 3. The quantitative estimate of drug-likeness (QED) is 0.748. The molecule has 23 heavy (non-hydrogen) atoms. The van der Waals surface area contributed by atoms with Crippen molar-refractivity contribution < 1.29 is 19.5 Å². The fraction of sp³-hybridized carbons (Fsp3) is 0.824. The number of hydrogen-bond donors (Lipinski definition) is 2. The molecule has 2 unspecified atom stereocenters. The van der Waals surface area contributed by atoms with Gasteiger partial charge in [-0.1, -0.05) is 13.8 Å². The van der Waals surface area contributed by atoms with E-state index in [1.807, 2.05) is 13.8 Å². The van der Waals surface area contributed by atoms with Crippen LogP contribution in [0.15, 0.2) is 0 Å². The number of aliphatic carboxylic acids is 1. The lowest BCUT2D eigenvalue weighted by Gasteiger charge is -2.33. The van der Waals surface area contributed by atoms with E-state index in [1.165, 1.54) is 0 Å². The summed E-state index contributed by atoms with van der Waals surface area (Å²) in [4.78, 5) is 37.4. The van der Waals surface area contributed by atoms with Crippen molar-refractivity contribution in [2.45, 2.75) is 53.4 Å². The molecule has 0 spiro atoms. The second-order valence-corrected chi connectivity index (χ2v) is 7.16. The van der Waals surface area contributed by atoms with Gasteiger partial charge in [-0.05, 0) is 39.5 Å². The van der Waals surface area contributed by atoms with E-state index in [0.29, 0.717) is 19.5 Å². The zero-order chi connectivity index (χ0) is 17.6. The molecule has 0 aromatic heterocycles. The van der Waals surface area contributed by atoms with Crippen molar-refractivity contribution in [3.8, 4) is 0 Å². The lowest BCUT2D eigenvalue weighted by molar-refractivity contribution is -0.147. The number of hydrogen-bond acceptors (Lipinski definition) is 3. The highest BCUT2D eigenvalue weighted by Crippen LogP contribution is 2.21. The molecule has 1 saturated heterocycles. The van der Waals surface area contributed by atoms with Gasteiger partial charge in [0.15, 0.2) is 0 Å². The largest absolute Gasteiger partial charge is 0.481 e. The maximum absolute atomic E-state index is 12.3. The summed E-state index contributed by atoms with van der Waals surface area (Å²) >= 11 is 0. The molecule has 1 aliphatic rings. The second-order valence-electron chi connectivity index (χ2n) is 7.16. The van der Waals surface area contributed by atoms with Gasteiger partial charge in [-0.2, -0.15) is 0 Å². The van der Waals surface area contributed by atoms with E-state index in [4.69, 9.17) is 5.11 Å². The van der Waals surface area contributed by atoms with Gasteiger partial charge in [-0.25, -0.2) is 0 Å². The number of nitrogens with zero attached hydrogens (tertiary/aromatic N) is 1. The molecule has 1 fully saturated rings. The van der Waals surface area contributed by atoms with Crippen molar-refractivity contribution in [3.63, 3.8) is 0 Å². The SMILES string of the molecule is CCC(C)C(=O)N1CCCC(C(=O)NCCC(C)(C)C(=O)O)C1. The maximum atomic E-state index is 12.3. The molecule has 0 saturated carbocycles. The second kappa shape index (κ2) is 8.31. The van der Waals surface area contributed by atoms with Crippen molar-refractivity contribution in [2.24, 2.45) is 17.3 Å². The molecule has 0 aromatic rings. The Balaban J connectivity index is 2.47. The van der Waals surface area contributed by atoms with Crippen LogP contribution in [0, 0.1) is 17.3 Å². The number of nitrogens with one attached hydrogen (secondary N) is 1. The van der Waals surface area contributed by atoms with Crippen molar-refractivity contribution in [3.05, 3.63) is 0 Å². The van der Waals surface area contributed by atoms with E-state index in [-0.39, 0.29) is 23.7 Å². The van der Waals surface area contributed by atoms with Crippen LogP contribution in [0.2, 0.25) is 0 Å². The summed E-state index contributed by atoms with van der Waals surface area (Å²) < 4.78 is 0. The lowest BCUT2D eigenvalue weighted by Crippen LogP contribution is -2.47. The van der Waals surface area contributed by atoms with E-state index in [9.17, 15) is 14.4 Å². The number of piperidine rings is 1. The van der Waals surface area contributed by atoms with Crippen LogP contribution >= 0.6 is 0 Å². The average molecular weight is 326 g/mol. The van der Waals surface area contributed by atoms with Crippen molar-refractivity contribution in [1.82, 2.24) is 10.2 Å². The normalized spacial score (nSPS) is 20.0. The van der Waals surface area contributed by atoms with Crippen LogP contribution in [0.25, 0.3) is 0 Å². The highest BCUT2D eigenvalue weighted by molar-refractivity contribution is 5.82. The molecule has 1 rings (SSSR count). The summed E-state index contributed by atoms with van der Waals surface area (Å²) in [6, 6.07) is 0. The summed E-state index contributed by atoms with van der Waals surface area (Å²) in [6.07, 6.45) is 2.80. The van der Waals surface area contributed by atoms with Crippen molar-refractivity contribution in [2.75, 3.05) is 19.6 Å². The number of amides is 2. The minimum absolute atomic E-state index is 0.00632. The Labute approximate surface area is 138 Å². The highest BCUT2D eigenvalue weighted by atomic mass is 16.4. The van der Waals surface area contributed by atoms with Crippen LogP contribution in [-0.2, 0) is 14.4 Å². The average Bonchev–Trinajstić information content (AvgIpc) is 2.53. The number of likely N-dealkylation sites (tertiary alicyclic amines) is 1. The molecule has 132 valence electrons. The molecule has 0 radical (unpaired) electrons. The van der Waals surface area contributed by atoms with Crippen LogP contribution < -0.4 is 5.32 Å². The van der Waals surface area contributed by atoms with Crippen molar-refractivity contribution in [1.29, 1.82) is 0 Å². The minimum atomic E-state index is -0.866. The summed E-state index contributed by atoms with van der Waals surface area (Å²) in [5.74, 6) is -1.02. The first-order valence-corrected chi connectivity index (χ1v) is 8.49. The Kier molecular flexibility index (Phi) is 7.03. The predicted molar refractivity (Wildman–Crippen MR) is 87.8 cm³/mol. The smallest absolute Gasteiger partial charge is 0.309 e. The highest BCUT2D eigenvalue weighted by Gasteiger charge is 2.31. The van der Waals surface area contributed by atoms with Crippen LogP contribution in [0.4, 0.5) is 0 Å². The van der Waals surface area contributed by atoms with E-state index in [1.54, 1.807) is 18.7 Å². The van der Waals surface area contributed by atoms with E-state index in [2.05, 4.69) is 5.32 Å². The van der Waals surface area contributed by atoms with Gasteiger partial charge >= 0.3 is 5.97 Å². The number of rotatable bonds is 7. The zero-order valence-electron chi connectivity index (χ0n) is 14.7. The molecule has 2 amide bonds. The van der Waals surface area contributed by atoms with Crippen LogP contribution in [0.1, 0.15) is 53.4 Å². The van der Waals surface area contributed by atoms with E-state index in [0.717, 1.165) is 25.8 Å². The fourth-order valence-corrected chi connectivity index (χ4v) is 2.63. The summed E-state index contributed by atoms with van der Waals surface area (Å²) in [7, 11) is 0. The van der Waals surface area contributed by atoms with Gasteiger partial charge < -0.3 is 15.3 Å². The first kappa shape index (κ1) is 19.5. The molecule has 0 bridgehead atoms.